The zero-order valence-corrected chi connectivity index (χ0v) is 13.6. The number of hydrogen-bond acceptors (Lipinski definition) is 7. The third-order valence-electron chi connectivity index (χ3n) is 4.42. The van der Waals surface area contributed by atoms with Crippen LogP contribution < -0.4 is 11.1 Å². The molecular weight excluding hydrogens is 339 g/mol. The summed E-state index contributed by atoms with van der Waals surface area (Å²) in [6, 6.07) is 2.95. The summed E-state index contributed by atoms with van der Waals surface area (Å²) in [4.78, 5) is 19.5. The molecular formula is C16H15FN8O. The summed E-state index contributed by atoms with van der Waals surface area (Å²) in [5.41, 5.74) is 5.19. The van der Waals surface area contributed by atoms with E-state index in [4.69, 9.17) is 5.73 Å². The zero-order chi connectivity index (χ0) is 18.1. The van der Waals surface area contributed by atoms with E-state index in [2.05, 4.69) is 30.6 Å². The highest BCUT2D eigenvalue weighted by atomic mass is 19.1. The van der Waals surface area contributed by atoms with E-state index in [1.807, 2.05) is 0 Å². The fraction of sp³-hybridized carbons (Fsp3) is 0.250. The Morgan fingerprint density at radius 3 is 2.69 bits per heavy atom. The van der Waals surface area contributed by atoms with E-state index in [-0.39, 0.29) is 17.3 Å². The van der Waals surface area contributed by atoms with Crippen molar-refractivity contribution in [2.45, 2.75) is 24.8 Å². The smallest absolute Gasteiger partial charge is 0.251 e. The van der Waals surface area contributed by atoms with Crippen LogP contribution in [0.25, 0.3) is 5.82 Å². The Bertz CT molecular complexity index is 951. The number of pyridine rings is 1. The number of anilines is 1. The second kappa shape index (κ2) is 6.14. The lowest BCUT2D eigenvalue weighted by Crippen LogP contribution is -2.44. The van der Waals surface area contributed by atoms with Gasteiger partial charge in [0.05, 0.1) is 23.5 Å². The highest BCUT2D eigenvalue weighted by molar-refractivity contribution is 5.92. The number of halogens is 1. The first-order valence-electron chi connectivity index (χ1n) is 8.01. The average Bonchev–Trinajstić information content (AvgIpc) is 3.10. The molecule has 0 unspecified atom stereocenters. The summed E-state index contributed by atoms with van der Waals surface area (Å²) in [6.07, 6.45) is 8.21. The fourth-order valence-electron chi connectivity index (χ4n) is 2.91. The zero-order valence-electron chi connectivity index (χ0n) is 13.6. The van der Waals surface area contributed by atoms with Gasteiger partial charge in [-0.15, -0.1) is 10.2 Å². The molecule has 3 aromatic heterocycles. The van der Waals surface area contributed by atoms with E-state index >= 15 is 0 Å². The molecule has 3 N–H and O–H groups in total. The standard InChI is InChI=1S/C16H15FN8O/c17-11-3-1-6-19-13(11)16(4-2-5-16)22-15-20-8-12(23-24-15)25-9-10(7-21-25)14(18)26/h1,3,6-9H,2,4-5H2,(H2,18,26)(H,20,22,24). The highest BCUT2D eigenvalue weighted by Gasteiger charge is 2.42. The van der Waals surface area contributed by atoms with Crippen molar-refractivity contribution >= 4 is 11.9 Å². The predicted molar refractivity (Wildman–Crippen MR) is 88.8 cm³/mol. The van der Waals surface area contributed by atoms with Gasteiger partial charge in [0.2, 0.25) is 5.95 Å². The Labute approximate surface area is 147 Å². The van der Waals surface area contributed by atoms with Gasteiger partial charge >= 0.3 is 0 Å². The first kappa shape index (κ1) is 16.1. The molecule has 0 radical (unpaired) electrons. The van der Waals surface area contributed by atoms with Crippen molar-refractivity contribution in [3.05, 3.63) is 54.0 Å². The molecule has 0 aliphatic heterocycles. The van der Waals surface area contributed by atoms with Crippen LogP contribution >= 0.6 is 0 Å². The largest absolute Gasteiger partial charge is 0.366 e. The molecule has 0 saturated heterocycles. The number of nitrogens with zero attached hydrogens (tertiary/aromatic N) is 6. The first-order chi connectivity index (χ1) is 12.6. The summed E-state index contributed by atoms with van der Waals surface area (Å²) < 4.78 is 15.5. The topological polar surface area (TPSA) is 125 Å². The number of hydrogen-bond donors (Lipinski definition) is 2. The van der Waals surface area contributed by atoms with E-state index in [9.17, 15) is 9.18 Å². The minimum absolute atomic E-state index is 0.257. The van der Waals surface area contributed by atoms with Crippen LogP contribution in [0.15, 0.2) is 36.9 Å². The monoisotopic (exact) mass is 354 g/mol. The van der Waals surface area contributed by atoms with Crippen LogP contribution in [-0.4, -0.2) is 35.9 Å². The molecule has 1 aliphatic rings. The SMILES string of the molecule is NC(=O)c1cnn(-c2cnc(NC3(c4ncccc4F)CCC3)nn2)c1. The maximum Gasteiger partial charge on any atom is 0.251 e. The van der Waals surface area contributed by atoms with Gasteiger partial charge in [0.15, 0.2) is 5.82 Å². The van der Waals surface area contributed by atoms with Crippen molar-refractivity contribution in [1.29, 1.82) is 0 Å². The minimum Gasteiger partial charge on any atom is -0.366 e. The molecule has 26 heavy (non-hydrogen) atoms. The van der Waals surface area contributed by atoms with Crippen LogP contribution in [-0.2, 0) is 5.54 Å². The second-order valence-electron chi connectivity index (χ2n) is 6.07. The van der Waals surface area contributed by atoms with Crippen LogP contribution in [0.4, 0.5) is 10.3 Å². The maximum absolute atomic E-state index is 14.2. The molecule has 0 bridgehead atoms. The van der Waals surface area contributed by atoms with E-state index < -0.39 is 11.4 Å². The first-order valence-corrected chi connectivity index (χ1v) is 8.01. The number of rotatable bonds is 5. The Morgan fingerprint density at radius 2 is 2.12 bits per heavy atom. The Kier molecular flexibility index (Phi) is 3.79. The number of carbonyl (C=O) groups excluding carboxylic acids is 1. The molecule has 1 amide bonds. The van der Waals surface area contributed by atoms with Crippen LogP contribution in [0.5, 0.6) is 0 Å². The fourth-order valence-corrected chi connectivity index (χ4v) is 2.91. The van der Waals surface area contributed by atoms with Gasteiger partial charge in [-0.2, -0.15) is 5.10 Å². The quantitative estimate of drug-likeness (QED) is 0.705. The van der Waals surface area contributed by atoms with E-state index in [1.54, 1.807) is 12.3 Å². The number of nitrogens with one attached hydrogen (secondary N) is 1. The van der Waals surface area contributed by atoms with E-state index in [0.717, 1.165) is 19.3 Å². The third-order valence-corrected chi connectivity index (χ3v) is 4.42. The van der Waals surface area contributed by atoms with Gasteiger partial charge < -0.3 is 11.1 Å². The predicted octanol–water partition coefficient (Wildman–Crippen LogP) is 1.18. The van der Waals surface area contributed by atoms with Gasteiger partial charge in [-0.3, -0.25) is 9.78 Å². The Hall–Kier alpha value is -3.43. The van der Waals surface area contributed by atoms with Crippen LogP contribution in [0, 0.1) is 5.82 Å². The summed E-state index contributed by atoms with van der Waals surface area (Å²) in [5.74, 6) is -0.352. The van der Waals surface area contributed by atoms with Crippen molar-refractivity contribution in [3.8, 4) is 5.82 Å². The van der Waals surface area contributed by atoms with Crippen molar-refractivity contribution in [1.82, 2.24) is 29.9 Å². The van der Waals surface area contributed by atoms with Crippen LogP contribution in [0.3, 0.4) is 0 Å². The van der Waals surface area contributed by atoms with Gasteiger partial charge in [0.25, 0.3) is 5.91 Å². The van der Waals surface area contributed by atoms with Gasteiger partial charge in [0, 0.05) is 12.4 Å². The molecule has 10 heteroatoms. The van der Waals surface area contributed by atoms with Gasteiger partial charge in [-0.1, -0.05) is 0 Å². The molecule has 1 fully saturated rings. The molecule has 0 aromatic carbocycles. The van der Waals surface area contributed by atoms with Crippen LogP contribution in [0.2, 0.25) is 0 Å². The summed E-state index contributed by atoms with van der Waals surface area (Å²) in [6.45, 7) is 0. The number of aromatic nitrogens is 6. The molecule has 0 atom stereocenters. The van der Waals surface area contributed by atoms with Crippen LogP contribution in [0.1, 0.15) is 35.3 Å². The lowest BCUT2D eigenvalue weighted by molar-refractivity contribution is 0.100. The lowest BCUT2D eigenvalue weighted by atomic mass is 9.74. The lowest BCUT2D eigenvalue weighted by Gasteiger charge is -2.41. The normalized spacial score (nSPS) is 15.3. The molecule has 9 nitrogen and oxygen atoms in total. The van der Waals surface area contributed by atoms with Gasteiger partial charge in [-0.05, 0) is 31.4 Å². The van der Waals surface area contributed by atoms with Gasteiger partial charge in [0.1, 0.15) is 11.5 Å². The van der Waals surface area contributed by atoms with Crippen molar-refractivity contribution in [3.63, 3.8) is 0 Å². The highest BCUT2D eigenvalue weighted by Crippen LogP contribution is 2.43. The molecule has 1 aliphatic carbocycles. The average molecular weight is 354 g/mol. The minimum atomic E-state index is -0.626. The second-order valence-corrected chi connectivity index (χ2v) is 6.07. The molecule has 4 rings (SSSR count). The van der Waals surface area contributed by atoms with Crippen molar-refractivity contribution in [2.24, 2.45) is 5.73 Å². The third kappa shape index (κ3) is 2.75. The molecule has 0 spiro atoms. The van der Waals surface area contributed by atoms with Crippen molar-refractivity contribution in [2.75, 3.05) is 5.32 Å². The number of carbonyl (C=O) groups is 1. The number of primary amides is 1. The number of nitrogens with two attached hydrogens (primary N) is 1. The van der Waals surface area contributed by atoms with E-state index in [1.165, 1.54) is 29.3 Å². The Balaban J connectivity index is 1.57. The van der Waals surface area contributed by atoms with Gasteiger partial charge in [-0.25, -0.2) is 14.1 Å². The molecule has 132 valence electrons. The van der Waals surface area contributed by atoms with Crippen molar-refractivity contribution < 1.29 is 9.18 Å². The maximum atomic E-state index is 14.2. The molecule has 1 saturated carbocycles. The molecule has 3 aromatic rings. The number of amides is 1. The van der Waals surface area contributed by atoms with E-state index in [0.29, 0.717) is 11.5 Å². The summed E-state index contributed by atoms with van der Waals surface area (Å²) in [7, 11) is 0. The molecule has 3 heterocycles. The summed E-state index contributed by atoms with van der Waals surface area (Å²) >= 11 is 0. The summed E-state index contributed by atoms with van der Waals surface area (Å²) in [5, 5.41) is 15.2. The Morgan fingerprint density at radius 1 is 1.27 bits per heavy atom.